The summed E-state index contributed by atoms with van der Waals surface area (Å²) in [7, 11) is 0. The van der Waals surface area contributed by atoms with Crippen molar-refractivity contribution in [2.24, 2.45) is 0 Å². The van der Waals surface area contributed by atoms with Crippen LogP contribution in [-0.2, 0) is 13.1 Å². The van der Waals surface area contributed by atoms with Crippen LogP contribution in [0.2, 0.25) is 5.02 Å². The number of halogens is 2. The zero-order valence-electron chi connectivity index (χ0n) is 16.2. The maximum absolute atomic E-state index is 13.3. The number of aryl methyl sites for hydroxylation is 2. The normalized spacial score (nSPS) is 11.2. The molecule has 0 atom stereocenters. The van der Waals surface area contributed by atoms with Crippen molar-refractivity contribution in [2.75, 3.05) is 0 Å². The van der Waals surface area contributed by atoms with Gasteiger partial charge in [-0.25, -0.2) is 9.07 Å². The molecular formula is C22H21ClFN5. The number of H-pyrrole nitrogens is 1. The van der Waals surface area contributed by atoms with E-state index in [2.05, 4.69) is 15.5 Å². The Kier molecular flexibility index (Phi) is 5.47. The largest absolute Gasteiger partial charge is 0.308 e. The minimum absolute atomic E-state index is 0.278. The Hall–Kier alpha value is -2.96. The van der Waals surface area contributed by atoms with Crippen molar-refractivity contribution in [3.63, 3.8) is 0 Å². The van der Waals surface area contributed by atoms with Crippen LogP contribution in [0.4, 0.5) is 4.39 Å². The van der Waals surface area contributed by atoms with Crippen LogP contribution in [0.5, 0.6) is 0 Å². The van der Waals surface area contributed by atoms with Gasteiger partial charge in [0.1, 0.15) is 5.82 Å². The van der Waals surface area contributed by atoms with Gasteiger partial charge in [0, 0.05) is 41.7 Å². The van der Waals surface area contributed by atoms with Crippen LogP contribution in [0.1, 0.15) is 22.5 Å². The molecule has 2 aromatic carbocycles. The fraction of sp³-hybridized carbons (Fsp3) is 0.182. The number of aromatic amines is 1. The molecule has 29 heavy (non-hydrogen) atoms. The SMILES string of the molecule is Cc1n[nH]c(C)c1CNCc1cn(-c2ccc(F)cc2)nc1-c1ccccc1Cl. The lowest BCUT2D eigenvalue weighted by atomic mass is 10.1. The van der Waals surface area contributed by atoms with Crippen molar-refractivity contribution in [3.05, 3.63) is 88.1 Å². The summed E-state index contributed by atoms with van der Waals surface area (Å²) < 4.78 is 15.1. The van der Waals surface area contributed by atoms with Crippen LogP contribution in [0, 0.1) is 19.7 Å². The Morgan fingerprint density at radius 2 is 1.83 bits per heavy atom. The van der Waals surface area contributed by atoms with E-state index in [0.717, 1.165) is 39.5 Å². The first kappa shape index (κ1) is 19.4. The van der Waals surface area contributed by atoms with Gasteiger partial charge in [-0.15, -0.1) is 0 Å². The van der Waals surface area contributed by atoms with E-state index in [4.69, 9.17) is 16.7 Å². The van der Waals surface area contributed by atoms with E-state index in [1.165, 1.54) is 12.1 Å². The van der Waals surface area contributed by atoms with E-state index in [-0.39, 0.29) is 5.82 Å². The zero-order valence-corrected chi connectivity index (χ0v) is 17.0. The van der Waals surface area contributed by atoms with Crippen molar-refractivity contribution in [1.29, 1.82) is 0 Å². The van der Waals surface area contributed by atoms with Gasteiger partial charge in [-0.2, -0.15) is 10.2 Å². The van der Waals surface area contributed by atoms with Crippen LogP contribution >= 0.6 is 11.6 Å². The number of nitrogens with zero attached hydrogens (tertiary/aromatic N) is 3. The monoisotopic (exact) mass is 409 g/mol. The number of nitrogens with one attached hydrogen (secondary N) is 2. The second kappa shape index (κ2) is 8.19. The third kappa shape index (κ3) is 4.09. The summed E-state index contributed by atoms with van der Waals surface area (Å²) in [6.07, 6.45) is 1.95. The molecule has 0 saturated carbocycles. The molecule has 0 bridgehead atoms. The topological polar surface area (TPSA) is 58.5 Å². The minimum atomic E-state index is -0.278. The highest BCUT2D eigenvalue weighted by molar-refractivity contribution is 6.33. The standard InChI is InChI=1S/C22H21ClFN5/c1-14-20(15(2)27-26-14)12-25-11-16-13-29(18-9-7-17(24)8-10-18)28-22(16)19-5-3-4-6-21(19)23/h3-10,13,25H,11-12H2,1-2H3,(H,26,27). The second-order valence-electron chi connectivity index (χ2n) is 6.92. The van der Waals surface area contributed by atoms with Gasteiger partial charge in [-0.1, -0.05) is 29.8 Å². The van der Waals surface area contributed by atoms with Crippen LogP contribution in [0.25, 0.3) is 16.9 Å². The molecule has 5 nitrogen and oxygen atoms in total. The highest BCUT2D eigenvalue weighted by Gasteiger charge is 2.15. The van der Waals surface area contributed by atoms with Gasteiger partial charge in [0.25, 0.3) is 0 Å². The van der Waals surface area contributed by atoms with Crippen molar-refractivity contribution in [1.82, 2.24) is 25.3 Å². The zero-order chi connectivity index (χ0) is 20.4. The van der Waals surface area contributed by atoms with Crippen LogP contribution in [0.3, 0.4) is 0 Å². The van der Waals surface area contributed by atoms with Gasteiger partial charge in [-0.05, 0) is 44.2 Å². The quantitative estimate of drug-likeness (QED) is 0.473. The third-order valence-corrected chi connectivity index (χ3v) is 5.24. The highest BCUT2D eigenvalue weighted by Crippen LogP contribution is 2.30. The first-order chi connectivity index (χ1) is 14.0. The van der Waals surface area contributed by atoms with Gasteiger partial charge in [0.05, 0.1) is 22.1 Å². The minimum Gasteiger partial charge on any atom is -0.308 e. The Bertz CT molecular complexity index is 1110. The average Bonchev–Trinajstić information content (AvgIpc) is 3.27. The van der Waals surface area contributed by atoms with Crippen LogP contribution in [0.15, 0.2) is 54.7 Å². The maximum Gasteiger partial charge on any atom is 0.123 e. The summed E-state index contributed by atoms with van der Waals surface area (Å²) in [5, 5.41) is 16.1. The lowest BCUT2D eigenvalue weighted by Gasteiger charge is -2.07. The summed E-state index contributed by atoms with van der Waals surface area (Å²) in [6, 6.07) is 13.9. The molecule has 7 heteroatoms. The van der Waals surface area contributed by atoms with E-state index < -0.39 is 0 Å². The van der Waals surface area contributed by atoms with Crippen molar-refractivity contribution < 1.29 is 4.39 Å². The Morgan fingerprint density at radius 1 is 1.07 bits per heavy atom. The number of rotatable bonds is 6. The number of benzene rings is 2. The Labute approximate surface area is 173 Å². The molecule has 0 aliphatic heterocycles. The molecule has 0 aliphatic carbocycles. The predicted molar refractivity (Wildman–Crippen MR) is 113 cm³/mol. The molecule has 2 aromatic heterocycles. The van der Waals surface area contributed by atoms with Crippen molar-refractivity contribution >= 4 is 11.6 Å². The fourth-order valence-electron chi connectivity index (χ4n) is 3.30. The third-order valence-electron chi connectivity index (χ3n) is 4.91. The van der Waals surface area contributed by atoms with Gasteiger partial charge in [0.15, 0.2) is 0 Å². The predicted octanol–water partition coefficient (Wildman–Crippen LogP) is 4.96. The molecule has 4 aromatic rings. The lowest BCUT2D eigenvalue weighted by Crippen LogP contribution is -2.14. The fourth-order valence-corrected chi connectivity index (χ4v) is 3.53. The first-order valence-electron chi connectivity index (χ1n) is 9.33. The first-order valence-corrected chi connectivity index (χ1v) is 9.71. The summed E-state index contributed by atoms with van der Waals surface area (Å²) >= 11 is 6.43. The molecule has 0 amide bonds. The summed E-state index contributed by atoms with van der Waals surface area (Å²) in [5.74, 6) is -0.278. The molecule has 2 N–H and O–H groups in total. The van der Waals surface area contributed by atoms with Gasteiger partial charge in [-0.3, -0.25) is 5.10 Å². The highest BCUT2D eigenvalue weighted by atomic mass is 35.5. The smallest absolute Gasteiger partial charge is 0.123 e. The number of hydrogen-bond donors (Lipinski definition) is 2. The lowest BCUT2D eigenvalue weighted by molar-refractivity contribution is 0.627. The molecule has 0 radical (unpaired) electrons. The Morgan fingerprint density at radius 3 is 2.52 bits per heavy atom. The van der Waals surface area contributed by atoms with Gasteiger partial charge in [0.2, 0.25) is 0 Å². The number of aromatic nitrogens is 4. The van der Waals surface area contributed by atoms with Crippen molar-refractivity contribution in [3.8, 4) is 16.9 Å². The van der Waals surface area contributed by atoms with Crippen molar-refractivity contribution in [2.45, 2.75) is 26.9 Å². The average molecular weight is 410 g/mol. The number of hydrogen-bond acceptors (Lipinski definition) is 3. The molecule has 2 heterocycles. The molecule has 0 spiro atoms. The van der Waals surface area contributed by atoms with E-state index in [1.807, 2.05) is 44.3 Å². The Balaban J connectivity index is 1.65. The molecule has 0 unspecified atom stereocenters. The maximum atomic E-state index is 13.3. The molecule has 0 saturated heterocycles. The van der Waals surface area contributed by atoms with Crippen LogP contribution < -0.4 is 5.32 Å². The molecule has 0 aliphatic rings. The summed E-state index contributed by atoms with van der Waals surface area (Å²) in [5.41, 5.74) is 6.66. The van der Waals surface area contributed by atoms with E-state index in [0.29, 0.717) is 18.1 Å². The van der Waals surface area contributed by atoms with Gasteiger partial charge < -0.3 is 5.32 Å². The van der Waals surface area contributed by atoms with E-state index >= 15 is 0 Å². The second-order valence-corrected chi connectivity index (χ2v) is 7.33. The van der Waals surface area contributed by atoms with Crippen LogP contribution in [-0.4, -0.2) is 20.0 Å². The van der Waals surface area contributed by atoms with E-state index in [9.17, 15) is 4.39 Å². The summed E-state index contributed by atoms with van der Waals surface area (Å²) in [4.78, 5) is 0. The van der Waals surface area contributed by atoms with Gasteiger partial charge >= 0.3 is 0 Å². The molecule has 4 rings (SSSR count). The summed E-state index contributed by atoms with van der Waals surface area (Å²) in [6.45, 7) is 5.30. The molecule has 0 fully saturated rings. The molecule has 148 valence electrons. The molecular weight excluding hydrogens is 389 g/mol. The van der Waals surface area contributed by atoms with E-state index in [1.54, 1.807) is 16.8 Å².